The maximum Gasteiger partial charge on any atom is 0.0506 e. The van der Waals surface area contributed by atoms with Gasteiger partial charge in [0.25, 0.3) is 0 Å². The van der Waals surface area contributed by atoms with Crippen molar-refractivity contribution < 1.29 is 0 Å². The summed E-state index contributed by atoms with van der Waals surface area (Å²) in [7, 11) is 0. The molecule has 0 radical (unpaired) electrons. The van der Waals surface area contributed by atoms with Crippen LogP contribution in [0.2, 0.25) is 0 Å². The molecule has 0 unspecified atom stereocenters. The molecule has 0 atom stereocenters. The van der Waals surface area contributed by atoms with Crippen molar-refractivity contribution in [1.82, 2.24) is 0 Å². The molecule has 9 aromatic carbocycles. The van der Waals surface area contributed by atoms with E-state index in [0.717, 1.165) is 22.7 Å². The first-order valence-corrected chi connectivity index (χ1v) is 21.9. The molecule has 1 heterocycles. The van der Waals surface area contributed by atoms with Gasteiger partial charge in [-0.1, -0.05) is 167 Å². The third-order valence-electron chi connectivity index (χ3n) is 14.0. The first-order valence-electron chi connectivity index (χ1n) is 21.9. The van der Waals surface area contributed by atoms with E-state index in [1.807, 2.05) is 0 Å². The summed E-state index contributed by atoms with van der Waals surface area (Å²) in [5, 5.41) is 0. The van der Waals surface area contributed by atoms with E-state index in [1.54, 1.807) is 0 Å². The standard InChI is InChI=1S/C60H46N2/c1-59(2)53-28-16-15-27-49(53)52-37-56-58(38-55(52)59)62(57-30-18-17-29-54(57)60(56,3)4)42-32-34-48-43-23-11-13-25-45(43)50-35-41(31-33-47(50)44-24-12-14-26-46(44)51(48)36-42)61(39-19-7-5-8-20-39)40-21-9-6-10-22-40/h5-38H,1-4H3. The molecule has 2 heteroatoms. The normalized spacial score (nSPS) is 14.4. The van der Waals surface area contributed by atoms with E-state index >= 15 is 0 Å². The molecular weight excluding hydrogens is 749 g/mol. The van der Waals surface area contributed by atoms with Crippen molar-refractivity contribution >= 4 is 34.1 Å². The van der Waals surface area contributed by atoms with Crippen LogP contribution in [0.15, 0.2) is 206 Å². The Morgan fingerprint density at radius 1 is 0.290 bits per heavy atom. The Labute approximate surface area is 365 Å². The average molecular weight is 795 g/mol. The van der Waals surface area contributed by atoms with Gasteiger partial charge in [-0.05, 0) is 145 Å². The van der Waals surface area contributed by atoms with Gasteiger partial charge in [-0.3, -0.25) is 0 Å². The topological polar surface area (TPSA) is 6.48 Å². The SMILES string of the molecule is CC1(C)c2ccccc2-c2cc3c(cc21)N(c1ccc2c(c1)-c1ccccc1-c1ccc(N(c4ccccc4)c4ccccc4)cc1-c1ccccc1-2)c1ccccc1C3(C)C. The summed E-state index contributed by atoms with van der Waals surface area (Å²) in [6.07, 6.45) is 0. The summed E-state index contributed by atoms with van der Waals surface area (Å²) in [6, 6.07) is 76.7. The molecule has 0 bridgehead atoms. The largest absolute Gasteiger partial charge is 0.310 e. The number of fused-ring (bicyclic) bond motifs is 13. The molecule has 0 aromatic heterocycles. The lowest BCUT2D eigenvalue weighted by molar-refractivity contribution is 0.627. The summed E-state index contributed by atoms with van der Waals surface area (Å²) in [6.45, 7) is 9.57. The zero-order valence-electron chi connectivity index (χ0n) is 35.5. The Hall–Kier alpha value is -7.42. The highest BCUT2D eigenvalue weighted by Crippen LogP contribution is 2.58. The smallest absolute Gasteiger partial charge is 0.0506 e. The quantitative estimate of drug-likeness (QED) is 0.175. The number of nitrogens with zero attached hydrogens (tertiary/aromatic N) is 2. The van der Waals surface area contributed by atoms with E-state index in [-0.39, 0.29) is 10.8 Å². The van der Waals surface area contributed by atoms with Gasteiger partial charge in [-0.2, -0.15) is 0 Å². The second kappa shape index (κ2) is 13.5. The third-order valence-corrected chi connectivity index (χ3v) is 14.0. The van der Waals surface area contributed by atoms with Gasteiger partial charge in [0.2, 0.25) is 0 Å². The van der Waals surface area contributed by atoms with E-state index in [0.29, 0.717) is 0 Å². The van der Waals surface area contributed by atoms with Crippen molar-refractivity contribution in [1.29, 1.82) is 0 Å². The van der Waals surface area contributed by atoms with E-state index in [2.05, 4.69) is 244 Å². The molecule has 2 nitrogen and oxygen atoms in total. The van der Waals surface area contributed by atoms with Gasteiger partial charge in [0.05, 0.1) is 11.4 Å². The number of rotatable bonds is 4. The van der Waals surface area contributed by atoms with Crippen LogP contribution in [0.1, 0.15) is 49.9 Å². The van der Waals surface area contributed by atoms with Gasteiger partial charge in [0, 0.05) is 33.6 Å². The Morgan fingerprint density at radius 3 is 1.39 bits per heavy atom. The fourth-order valence-electron chi connectivity index (χ4n) is 10.9. The number of para-hydroxylation sites is 3. The van der Waals surface area contributed by atoms with Crippen LogP contribution in [-0.2, 0) is 10.8 Å². The van der Waals surface area contributed by atoms with Crippen molar-refractivity contribution in [3.63, 3.8) is 0 Å². The van der Waals surface area contributed by atoms with Crippen LogP contribution in [0.25, 0.3) is 55.6 Å². The average Bonchev–Trinajstić information content (AvgIpc) is 3.54. The minimum absolute atomic E-state index is 0.116. The zero-order chi connectivity index (χ0) is 41.7. The van der Waals surface area contributed by atoms with Crippen LogP contribution in [0.4, 0.5) is 34.1 Å². The van der Waals surface area contributed by atoms with Gasteiger partial charge < -0.3 is 9.80 Å². The van der Waals surface area contributed by atoms with E-state index in [9.17, 15) is 0 Å². The summed E-state index contributed by atoms with van der Waals surface area (Å²) in [5.41, 5.74) is 24.7. The molecule has 3 aliphatic rings. The van der Waals surface area contributed by atoms with Crippen molar-refractivity contribution in [2.75, 3.05) is 9.80 Å². The number of benzene rings is 9. The molecule has 0 saturated carbocycles. The van der Waals surface area contributed by atoms with Crippen LogP contribution in [0.3, 0.4) is 0 Å². The maximum atomic E-state index is 2.55. The van der Waals surface area contributed by atoms with Crippen LogP contribution in [0, 0.1) is 0 Å². The molecule has 1 aliphatic heterocycles. The molecule has 0 spiro atoms. The second-order valence-electron chi connectivity index (χ2n) is 18.1. The highest BCUT2D eigenvalue weighted by molar-refractivity contribution is 6.05. The van der Waals surface area contributed by atoms with Gasteiger partial charge >= 0.3 is 0 Å². The lowest BCUT2D eigenvalue weighted by atomic mass is 9.71. The van der Waals surface area contributed by atoms with Gasteiger partial charge in [-0.15, -0.1) is 0 Å². The molecule has 0 fully saturated rings. The van der Waals surface area contributed by atoms with E-state index in [4.69, 9.17) is 0 Å². The van der Waals surface area contributed by atoms with Crippen LogP contribution < -0.4 is 9.80 Å². The maximum absolute atomic E-state index is 2.55. The Kier molecular flexibility index (Phi) is 7.96. The van der Waals surface area contributed by atoms with E-state index < -0.39 is 0 Å². The van der Waals surface area contributed by atoms with Gasteiger partial charge in [0.15, 0.2) is 0 Å². The lowest BCUT2D eigenvalue weighted by Gasteiger charge is -2.43. The van der Waals surface area contributed by atoms with Crippen LogP contribution >= 0.6 is 0 Å². The first kappa shape index (κ1) is 36.4. The summed E-state index contributed by atoms with van der Waals surface area (Å²) >= 11 is 0. The van der Waals surface area contributed by atoms with Crippen molar-refractivity contribution in [2.45, 2.75) is 38.5 Å². The minimum atomic E-state index is -0.201. The predicted molar refractivity (Wildman–Crippen MR) is 261 cm³/mol. The molecule has 62 heavy (non-hydrogen) atoms. The molecule has 0 saturated heterocycles. The number of hydrogen-bond donors (Lipinski definition) is 0. The lowest BCUT2D eigenvalue weighted by Crippen LogP contribution is -2.31. The van der Waals surface area contributed by atoms with Crippen LogP contribution in [-0.4, -0.2) is 0 Å². The monoisotopic (exact) mass is 794 g/mol. The highest BCUT2D eigenvalue weighted by Gasteiger charge is 2.42. The van der Waals surface area contributed by atoms with Crippen molar-refractivity contribution in [3.05, 3.63) is 229 Å². The highest BCUT2D eigenvalue weighted by atomic mass is 15.2. The Bertz CT molecular complexity index is 3200. The van der Waals surface area contributed by atoms with Gasteiger partial charge in [0.1, 0.15) is 0 Å². The summed E-state index contributed by atoms with van der Waals surface area (Å²) in [4.78, 5) is 4.91. The molecule has 0 amide bonds. The Balaban J connectivity index is 1.07. The number of hydrogen-bond acceptors (Lipinski definition) is 2. The minimum Gasteiger partial charge on any atom is -0.310 e. The molecular formula is C60H46N2. The Morgan fingerprint density at radius 2 is 0.758 bits per heavy atom. The van der Waals surface area contributed by atoms with Gasteiger partial charge in [-0.25, -0.2) is 0 Å². The van der Waals surface area contributed by atoms with Crippen LogP contribution in [0.5, 0.6) is 0 Å². The molecule has 0 N–H and O–H groups in total. The molecule has 2 aliphatic carbocycles. The molecule has 296 valence electrons. The predicted octanol–water partition coefficient (Wildman–Crippen LogP) is 16.6. The first-order chi connectivity index (χ1) is 30.3. The fraction of sp³-hybridized carbons (Fsp3) is 0.100. The van der Waals surface area contributed by atoms with E-state index in [1.165, 1.54) is 89.3 Å². The summed E-state index contributed by atoms with van der Waals surface area (Å²) in [5.74, 6) is 0. The third kappa shape index (κ3) is 5.29. The molecule has 9 aromatic rings. The summed E-state index contributed by atoms with van der Waals surface area (Å²) < 4.78 is 0. The van der Waals surface area contributed by atoms with Crippen molar-refractivity contribution in [2.24, 2.45) is 0 Å². The number of anilines is 6. The zero-order valence-corrected chi connectivity index (χ0v) is 35.5. The molecule has 12 rings (SSSR count). The fourth-order valence-corrected chi connectivity index (χ4v) is 10.9. The second-order valence-corrected chi connectivity index (χ2v) is 18.1. The van der Waals surface area contributed by atoms with Crippen molar-refractivity contribution in [3.8, 4) is 55.6 Å².